The molecule has 2 unspecified atom stereocenters. The summed E-state index contributed by atoms with van der Waals surface area (Å²) in [6, 6.07) is 7.19. The lowest BCUT2D eigenvalue weighted by atomic mass is 10.1. The van der Waals surface area contributed by atoms with Crippen molar-refractivity contribution in [2.45, 2.75) is 46.8 Å². The summed E-state index contributed by atoms with van der Waals surface area (Å²) in [5, 5.41) is 2.90. The normalized spacial score (nSPS) is 15.7. The first-order valence-electron chi connectivity index (χ1n) is 8.28. The second-order valence-electron chi connectivity index (χ2n) is 6.41. The number of anilines is 1. The fourth-order valence-electron chi connectivity index (χ4n) is 2.14. The first-order chi connectivity index (χ1) is 12.4. The molecule has 27 heavy (non-hydrogen) atoms. The molecule has 152 valence electrons. The number of rotatable bonds is 10. The largest absolute Gasteiger partial charge is 0.483 e. The fourth-order valence-corrected chi connectivity index (χ4v) is 3.77. The molecule has 1 rings (SSSR count). The zero-order valence-electron chi connectivity index (χ0n) is 15.8. The minimum absolute atomic E-state index is 0.607. The van der Waals surface area contributed by atoms with E-state index in [2.05, 4.69) is 15.7 Å². The molecule has 0 saturated carbocycles. The molecule has 2 atom stereocenters. The Kier molecular flexibility index (Phi) is 9.12. The molecule has 0 heterocycles. The second kappa shape index (κ2) is 10.3. The molecule has 0 aromatic heterocycles. The number of allylic oxidation sites excluding steroid dienone is 3. The van der Waals surface area contributed by atoms with E-state index in [1.165, 1.54) is 5.57 Å². The van der Waals surface area contributed by atoms with Crippen LogP contribution < -0.4 is 5.32 Å². The van der Waals surface area contributed by atoms with Gasteiger partial charge in [0, 0.05) is 5.69 Å². The second-order valence-corrected chi connectivity index (χ2v) is 9.19. The molecule has 0 aliphatic carbocycles. The van der Waals surface area contributed by atoms with Crippen LogP contribution in [0.25, 0.3) is 0 Å². The summed E-state index contributed by atoms with van der Waals surface area (Å²) in [4.78, 5) is 27.2. The maximum atomic E-state index is 11.9. The number of phosphoric ester groups is 1. The van der Waals surface area contributed by atoms with E-state index in [4.69, 9.17) is 14.3 Å². The number of benzene rings is 1. The molecule has 1 aromatic carbocycles. The van der Waals surface area contributed by atoms with Crippen LogP contribution in [0.4, 0.5) is 5.69 Å². The summed E-state index contributed by atoms with van der Waals surface area (Å²) in [5.74, 6) is 0. The van der Waals surface area contributed by atoms with Crippen LogP contribution in [0.2, 0.25) is 0 Å². The third-order valence-corrected chi connectivity index (χ3v) is 5.51. The minimum Gasteiger partial charge on any atom is -0.356 e. The lowest BCUT2D eigenvalue weighted by molar-refractivity contribution is 0.162. The molecular formula is C17H27NO7P2. The van der Waals surface area contributed by atoms with E-state index < -0.39 is 21.9 Å². The Morgan fingerprint density at radius 2 is 1.74 bits per heavy atom. The van der Waals surface area contributed by atoms with Crippen LogP contribution in [0.15, 0.2) is 47.6 Å². The van der Waals surface area contributed by atoms with Gasteiger partial charge in [-0.1, -0.05) is 34.9 Å². The molecule has 10 heteroatoms. The Bertz CT molecular complexity index is 764. The smallest absolute Gasteiger partial charge is 0.356 e. The van der Waals surface area contributed by atoms with Gasteiger partial charge in [0.15, 0.2) is 6.23 Å². The Morgan fingerprint density at radius 3 is 2.26 bits per heavy atom. The van der Waals surface area contributed by atoms with Crippen molar-refractivity contribution in [2.75, 3.05) is 5.32 Å². The summed E-state index contributed by atoms with van der Waals surface area (Å²) in [7, 11) is -10.2. The average molecular weight is 419 g/mol. The third kappa shape index (κ3) is 11.3. The van der Waals surface area contributed by atoms with E-state index >= 15 is 0 Å². The van der Waals surface area contributed by atoms with Crippen molar-refractivity contribution in [3.8, 4) is 0 Å². The van der Waals surface area contributed by atoms with E-state index in [9.17, 15) is 14.0 Å². The van der Waals surface area contributed by atoms with Crippen LogP contribution in [0.1, 0.15) is 39.2 Å². The van der Waals surface area contributed by atoms with Crippen molar-refractivity contribution >= 4 is 21.3 Å². The van der Waals surface area contributed by atoms with Crippen molar-refractivity contribution in [3.63, 3.8) is 0 Å². The van der Waals surface area contributed by atoms with E-state index in [0.717, 1.165) is 17.6 Å². The first kappa shape index (κ1) is 23.8. The highest BCUT2D eigenvalue weighted by atomic mass is 31.3. The molecule has 1 aromatic rings. The monoisotopic (exact) mass is 419 g/mol. The molecule has 0 amide bonds. The topological polar surface area (TPSA) is 125 Å². The summed E-state index contributed by atoms with van der Waals surface area (Å²) in [5.41, 5.74) is 3.69. The van der Waals surface area contributed by atoms with Gasteiger partial charge >= 0.3 is 15.6 Å². The molecule has 0 aliphatic rings. The van der Waals surface area contributed by atoms with Gasteiger partial charge in [-0.25, -0.2) is 9.13 Å². The molecule has 0 saturated heterocycles. The van der Waals surface area contributed by atoms with Crippen molar-refractivity contribution in [1.29, 1.82) is 0 Å². The number of hydrogen-bond acceptors (Lipinski definition) is 5. The van der Waals surface area contributed by atoms with Crippen molar-refractivity contribution in [3.05, 3.63) is 53.1 Å². The van der Waals surface area contributed by atoms with E-state index in [1.807, 2.05) is 39.8 Å². The molecule has 0 bridgehead atoms. The maximum Gasteiger partial charge on any atom is 0.483 e. The number of nitrogens with one attached hydrogen (secondary N) is 1. The fraction of sp³-hybridized carbons (Fsp3) is 0.412. The van der Waals surface area contributed by atoms with Gasteiger partial charge in [0.1, 0.15) is 0 Å². The first-order valence-corrected chi connectivity index (χ1v) is 11.3. The van der Waals surface area contributed by atoms with Crippen molar-refractivity contribution < 1.29 is 32.6 Å². The predicted octanol–water partition coefficient (Wildman–Crippen LogP) is 4.65. The predicted molar refractivity (Wildman–Crippen MR) is 105 cm³/mol. The van der Waals surface area contributed by atoms with Gasteiger partial charge in [-0.05, 0) is 58.7 Å². The van der Waals surface area contributed by atoms with Crippen LogP contribution in [-0.2, 0) is 18.0 Å². The third-order valence-electron chi connectivity index (χ3n) is 3.34. The van der Waals surface area contributed by atoms with Gasteiger partial charge in [0.05, 0.1) is 0 Å². The van der Waals surface area contributed by atoms with Crippen LogP contribution >= 0.6 is 15.6 Å². The molecular weight excluding hydrogens is 392 g/mol. The maximum absolute atomic E-state index is 11.9. The molecule has 0 fully saturated rings. The molecule has 0 aliphatic heterocycles. The molecule has 0 radical (unpaired) electrons. The zero-order valence-corrected chi connectivity index (χ0v) is 17.6. The highest BCUT2D eigenvalue weighted by molar-refractivity contribution is 7.60. The number of phosphoric acid groups is 2. The van der Waals surface area contributed by atoms with Crippen molar-refractivity contribution in [1.82, 2.24) is 0 Å². The quantitative estimate of drug-likeness (QED) is 0.245. The van der Waals surface area contributed by atoms with Crippen molar-refractivity contribution in [2.24, 2.45) is 0 Å². The van der Waals surface area contributed by atoms with E-state index in [1.54, 1.807) is 18.2 Å². The lowest BCUT2D eigenvalue weighted by Crippen LogP contribution is -2.20. The van der Waals surface area contributed by atoms with Gasteiger partial charge in [0.25, 0.3) is 0 Å². The number of hydrogen-bond donors (Lipinski definition) is 4. The molecule has 4 N–H and O–H groups in total. The Labute approximate surface area is 159 Å². The summed E-state index contributed by atoms with van der Waals surface area (Å²) in [6.07, 6.45) is 3.99. The highest BCUT2D eigenvalue weighted by Gasteiger charge is 2.34. The van der Waals surface area contributed by atoms with Crippen LogP contribution in [-0.4, -0.2) is 20.9 Å². The Hall–Kier alpha value is -1.24. The van der Waals surface area contributed by atoms with Gasteiger partial charge < -0.3 is 20.0 Å². The summed E-state index contributed by atoms with van der Waals surface area (Å²) < 4.78 is 31.6. The molecule has 0 spiro atoms. The van der Waals surface area contributed by atoms with Crippen LogP contribution in [0, 0.1) is 6.92 Å². The van der Waals surface area contributed by atoms with Gasteiger partial charge in [0.2, 0.25) is 0 Å². The minimum atomic E-state index is -5.19. The van der Waals surface area contributed by atoms with Gasteiger partial charge in [-0.3, -0.25) is 4.52 Å². The Morgan fingerprint density at radius 1 is 1.15 bits per heavy atom. The van der Waals surface area contributed by atoms with E-state index in [-0.39, 0.29) is 0 Å². The van der Waals surface area contributed by atoms with E-state index in [0.29, 0.717) is 12.1 Å². The average Bonchev–Trinajstić information content (AvgIpc) is 2.46. The summed E-state index contributed by atoms with van der Waals surface area (Å²) >= 11 is 0. The van der Waals surface area contributed by atoms with Crippen LogP contribution in [0.3, 0.4) is 0 Å². The SMILES string of the molecule is CC(C)=CCCC(C)=CC(Nc1ccc(C)cc1)OP(=O)(O)OP(=O)(O)O. The van der Waals surface area contributed by atoms with Crippen LogP contribution in [0.5, 0.6) is 0 Å². The number of aryl methyl sites for hydroxylation is 1. The zero-order chi connectivity index (χ0) is 20.7. The van der Waals surface area contributed by atoms with Gasteiger partial charge in [-0.15, -0.1) is 0 Å². The highest BCUT2D eigenvalue weighted by Crippen LogP contribution is 2.58. The Balaban J connectivity index is 2.97. The van der Waals surface area contributed by atoms with Gasteiger partial charge in [-0.2, -0.15) is 4.31 Å². The lowest BCUT2D eigenvalue weighted by Gasteiger charge is -2.21. The summed E-state index contributed by atoms with van der Waals surface area (Å²) in [6.45, 7) is 7.73. The standard InChI is InChI=1S/C17H27NO7P2/c1-13(2)6-5-7-15(4)12-17(18-16-10-8-14(3)9-11-16)24-27(22,23)25-26(19,20)21/h6,8-12,17-18H,5,7H2,1-4H3,(H,22,23)(H2,19,20,21). The molecule has 8 nitrogen and oxygen atoms in total.